The second-order valence-electron chi connectivity index (χ2n) is 4.83. The number of anilines is 1. The van der Waals surface area contributed by atoms with Gasteiger partial charge in [-0.25, -0.2) is 0 Å². The number of carbonyl (C=O) groups is 1. The first-order valence-corrected chi connectivity index (χ1v) is 8.41. The van der Waals surface area contributed by atoms with Crippen LogP contribution in [-0.4, -0.2) is 23.0 Å². The van der Waals surface area contributed by atoms with Crippen molar-refractivity contribution in [3.8, 4) is 0 Å². The Labute approximate surface area is 126 Å². The summed E-state index contributed by atoms with van der Waals surface area (Å²) in [5, 5.41) is 3.81. The minimum atomic E-state index is -0.0276. The number of halogens is 1. The van der Waals surface area contributed by atoms with Crippen LogP contribution in [0, 0.1) is 0 Å². The lowest BCUT2D eigenvalue weighted by molar-refractivity contribution is 0.0938. The van der Waals surface area contributed by atoms with Crippen molar-refractivity contribution in [3.05, 3.63) is 28.2 Å². The first-order chi connectivity index (χ1) is 9.08. The van der Waals surface area contributed by atoms with Crippen LogP contribution in [0.2, 0.25) is 0 Å². The molecule has 3 N–H and O–H groups in total. The van der Waals surface area contributed by atoms with Crippen molar-refractivity contribution in [3.63, 3.8) is 0 Å². The molecule has 2 rings (SSSR count). The third kappa shape index (κ3) is 4.14. The molecule has 0 aromatic heterocycles. The molecule has 0 spiro atoms. The van der Waals surface area contributed by atoms with Gasteiger partial charge in [0.25, 0.3) is 5.91 Å². The van der Waals surface area contributed by atoms with E-state index in [-0.39, 0.29) is 5.91 Å². The maximum absolute atomic E-state index is 12.2. The number of hydrogen-bond donors (Lipinski definition) is 2. The number of thioether (sulfide) groups is 1. The van der Waals surface area contributed by atoms with Crippen LogP contribution in [0.15, 0.2) is 22.7 Å². The van der Waals surface area contributed by atoms with Gasteiger partial charge in [-0.2, -0.15) is 11.8 Å². The van der Waals surface area contributed by atoms with Crippen molar-refractivity contribution in [2.75, 3.05) is 11.5 Å². The molecule has 104 valence electrons. The Kier molecular flexibility index (Phi) is 5.16. The molecule has 0 saturated heterocycles. The summed E-state index contributed by atoms with van der Waals surface area (Å²) in [6.45, 7) is 2.18. The van der Waals surface area contributed by atoms with Crippen molar-refractivity contribution in [1.82, 2.24) is 5.32 Å². The largest absolute Gasteiger partial charge is 0.399 e. The normalized spacial score (nSPS) is 22.4. The zero-order valence-corrected chi connectivity index (χ0v) is 13.4. The van der Waals surface area contributed by atoms with Crippen molar-refractivity contribution >= 4 is 39.3 Å². The number of benzene rings is 1. The summed E-state index contributed by atoms with van der Waals surface area (Å²) in [6, 6.07) is 5.61. The lowest BCUT2D eigenvalue weighted by atomic mass is 10.1. The standard InChI is InChI=1S/C14H19BrN2OS/c1-2-19-13-4-3-12(8-13)17-14(18)9-5-10(15)7-11(16)6-9/h5-7,12-13H,2-4,8,16H2,1H3,(H,17,18). The topological polar surface area (TPSA) is 55.1 Å². The predicted molar refractivity (Wildman–Crippen MR) is 85.6 cm³/mol. The highest BCUT2D eigenvalue weighted by atomic mass is 79.9. The highest BCUT2D eigenvalue weighted by Gasteiger charge is 2.26. The van der Waals surface area contributed by atoms with Crippen LogP contribution in [0.3, 0.4) is 0 Å². The Morgan fingerprint density at radius 3 is 2.95 bits per heavy atom. The van der Waals surface area contributed by atoms with Crippen molar-refractivity contribution in [1.29, 1.82) is 0 Å². The minimum absolute atomic E-state index is 0.0276. The summed E-state index contributed by atoms with van der Waals surface area (Å²) in [4.78, 5) is 12.2. The van der Waals surface area contributed by atoms with Crippen LogP contribution in [0.4, 0.5) is 5.69 Å². The molecule has 0 aliphatic heterocycles. The van der Waals surface area contributed by atoms with Crippen LogP contribution >= 0.6 is 27.7 Å². The molecular formula is C14H19BrN2OS. The second kappa shape index (κ2) is 6.66. The number of nitrogen functional groups attached to an aromatic ring is 1. The third-order valence-corrected chi connectivity index (χ3v) is 5.00. The van der Waals surface area contributed by atoms with Gasteiger partial charge in [0, 0.05) is 27.0 Å². The zero-order valence-electron chi connectivity index (χ0n) is 11.0. The molecule has 3 nitrogen and oxygen atoms in total. The van der Waals surface area contributed by atoms with E-state index < -0.39 is 0 Å². The molecule has 0 radical (unpaired) electrons. The molecule has 2 atom stereocenters. The van der Waals surface area contributed by atoms with Gasteiger partial charge in [-0.3, -0.25) is 4.79 Å². The average Bonchev–Trinajstić information content (AvgIpc) is 2.76. The maximum atomic E-state index is 12.2. The van der Waals surface area contributed by atoms with Crippen molar-refractivity contribution in [2.45, 2.75) is 37.5 Å². The SMILES string of the molecule is CCSC1CCC(NC(=O)c2cc(N)cc(Br)c2)C1. The molecule has 5 heteroatoms. The van der Waals surface area contributed by atoms with Crippen LogP contribution in [0.25, 0.3) is 0 Å². The van der Waals surface area contributed by atoms with E-state index in [1.807, 2.05) is 11.8 Å². The summed E-state index contributed by atoms with van der Waals surface area (Å²) in [5.74, 6) is 1.12. The Balaban J connectivity index is 1.94. The maximum Gasteiger partial charge on any atom is 0.251 e. The molecule has 1 saturated carbocycles. The van der Waals surface area contributed by atoms with Gasteiger partial charge in [0.1, 0.15) is 0 Å². The van der Waals surface area contributed by atoms with Crippen LogP contribution < -0.4 is 11.1 Å². The first kappa shape index (κ1) is 14.7. The van der Waals surface area contributed by atoms with E-state index in [1.165, 1.54) is 6.42 Å². The van der Waals surface area contributed by atoms with Gasteiger partial charge in [0.05, 0.1) is 0 Å². The van der Waals surface area contributed by atoms with Crippen LogP contribution in [-0.2, 0) is 0 Å². The summed E-state index contributed by atoms with van der Waals surface area (Å²) in [6.07, 6.45) is 3.35. The summed E-state index contributed by atoms with van der Waals surface area (Å²) < 4.78 is 0.837. The van der Waals surface area contributed by atoms with E-state index in [1.54, 1.807) is 18.2 Å². The highest BCUT2D eigenvalue weighted by molar-refractivity contribution is 9.10. The Morgan fingerprint density at radius 1 is 1.47 bits per heavy atom. The van der Waals surface area contributed by atoms with Gasteiger partial charge in [-0.1, -0.05) is 22.9 Å². The smallest absolute Gasteiger partial charge is 0.251 e. The molecule has 1 aromatic carbocycles. The van der Waals surface area contributed by atoms with Gasteiger partial charge in [0.15, 0.2) is 0 Å². The number of rotatable bonds is 4. The van der Waals surface area contributed by atoms with Crippen LogP contribution in [0.1, 0.15) is 36.5 Å². The van der Waals surface area contributed by atoms with Gasteiger partial charge in [-0.15, -0.1) is 0 Å². The number of nitrogens with two attached hydrogens (primary N) is 1. The second-order valence-corrected chi connectivity index (χ2v) is 7.33. The van der Waals surface area contributed by atoms with E-state index in [9.17, 15) is 4.79 Å². The van der Waals surface area contributed by atoms with Gasteiger partial charge >= 0.3 is 0 Å². The summed E-state index contributed by atoms with van der Waals surface area (Å²) in [7, 11) is 0. The molecule has 19 heavy (non-hydrogen) atoms. The predicted octanol–water partition coefficient (Wildman–Crippen LogP) is 3.44. The monoisotopic (exact) mass is 342 g/mol. The zero-order chi connectivity index (χ0) is 13.8. The van der Waals surface area contributed by atoms with E-state index in [0.717, 1.165) is 23.1 Å². The van der Waals surface area contributed by atoms with Gasteiger partial charge in [0.2, 0.25) is 0 Å². The number of nitrogens with one attached hydrogen (secondary N) is 1. The first-order valence-electron chi connectivity index (χ1n) is 6.57. The molecule has 1 aliphatic rings. The van der Waals surface area contributed by atoms with Crippen molar-refractivity contribution in [2.24, 2.45) is 0 Å². The molecule has 1 aromatic rings. The molecule has 1 amide bonds. The lowest BCUT2D eigenvalue weighted by Crippen LogP contribution is -2.33. The van der Waals surface area contributed by atoms with E-state index in [4.69, 9.17) is 5.73 Å². The Morgan fingerprint density at radius 2 is 2.26 bits per heavy atom. The lowest BCUT2D eigenvalue weighted by Gasteiger charge is -2.13. The molecule has 0 bridgehead atoms. The number of amides is 1. The fraction of sp³-hybridized carbons (Fsp3) is 0.500. The van der Waals surface area contributed by atoms with E-state index in [2.05, 4.69) is 28.2 Å². The fourth-order valence-corrected chi connectivity index (χ4v) is 4.12. The number of hydrogen-bond acceptors (Lipinski definition) is 3. The van der Waals surface area contributed by atoms with Crippen molar-refractivity contribution < 1.29 is 4.79 Å². The van der Waals surface area contributed by atoms with Gasteiger partial charge in [-0.05, 0) is 43.2 Å². The third-order valence-electron chi connectivity index (χ3n) is 3.30. The summed E-state index contributed by atoms with van der Waals surface area (Å²) in [5.41, 5.74) is 6.98. The van der Waals surface area contributed by atoms with E-state index >= 15 is 0 Å². The molecule has 2 unspecified atom stereocenters. The fourth-order valence-electron chi connectivity index (χ4n) is 2.47. The quantitative estimate of drug-likeness (QED) is 0.824. The molecule has 0 heterocycles. The minimum Gasteiger partial charge on any atom is -0.399 e. The average molecular weight is 343 g/mol. The molecule has 1 aliphatic carbocycles. The van der Waals surface area contributed by atoms with Gasteiger partial charge < -0.3 is 11.1 Å². The Bertz CT molecular complexity index is 447. The molecule has 1 fully saturated rings. The summed E-state index contributed by atoms with van der Waals surface area (Å²) >= 11 is 5.35. The van der Waals surface area contributed by atoms with E-state index in [0.29, 0.717) is 22.5 Å². The highest BCUT2D eigenvalue weighted by Crippen LogP contribution is 2.30. The molecular weight excluding hydrogens is 324 g/mol. The van der Waals surface area contributed by atoms with Crippen LogP contribution in [0.5, 0.6) is 0 Å². The number of carbonyl (C=O) groups excluding carboxylic acids is 1. The Hall–Kier alpha value is -0.680.